The van der Waals surface area contributed by atoms with Gasteiger partial charge in [-0.2, -0.15) is 0 Å². The molecular weight excluding hydrogens is 134 g/mol. The number of nitrogens with zero attached hydrogens (tertiary/aromatic N) is 1. The van der Waals surface area contributed by atoms with Crippen LogP contribution in [0.1, 0.15) is 32.6 Å². The predicted molar refractivity (Wildman–Crippen MR) is 47.6 cm³/mol. The summed E-state index contributed by atoms with van der Waals surface area (Å²) in [5.74, 6) is 1.04. The Labute approximate surface area is 69.8 Å². The van der Waals surface area contributed by atoms with E-state index in [1.165, 1.54) is 38.8 Å². The Morgan fingerprint density at radius 1 is 1.27 bits per heavy atom. The van der Waals surface area contributed by atoms with E-state index in [-0.39, 0.29) is 0 Å². The Balaban J connectivity index is 1.95. The molecule has 1 heteroatoms. The van der Waals surface area contributed by atoms with Gasteiger partial charge in [0.25, 0.3) is 0 Å². The van der Waals surface area contributed by atoms with Gasteiger partial charge in [0.1, 0.15) is 0 Å². The van der Waals surface area contributed by atoms with Crippen molar-refractivity contribution in [2.45, 2.75) is 32.6 Å². The summed E-state index contributed by atoms with van der Waals surface area (Å²) in [5, 5.41) is 0. The largest absolute Gasteiger partial charge is 0.306 e. The Kier molecular flexibility index (Phi) is 1.71. The van der Waals surface area contributed by atoms with Crippen LogP contribution in [0.4, 0.5) is 0 Å². The van der Waals surface area contributed by atoms with Gasteiger partial charge in [0, 0.05) is 0 Å². The molecule has 1 aliphatic heterocycles. The third-order valence-electron chi connectivity index (χ3n) is 3.80. The van der Waals surface area contributed by atoms with Crippen LogP contribution < -0.4 is 0 Å². The molecule has 0 amide bonds. The minimum atomic E-state index is 0.810. The number of hydrogen-bond acceptors (Lipinski definition) is 1. The van der Waals surface area contributed by atoms with Crippen LogP contribution in [-0.4, -0.2) is 25.0 Å². The summed E-state index contributed by atoms with van der Waals surface area (Å²) in [6, 6.07) is 0. The van der Waals surface area contributed by atoms with E-state index in [4.69, 9.17) is 0 Å². The van der Waals surface area contributed by atoms with E-state index in [0.717, 1.165) is 11.3 Å². The van der Waals surface area contributed by atoms with Crippen LogP contribution in [0.15, 0.2) is 0 Å². The summed E-state index contributed by atoms with van der Waals surface area (Å²) in [6.45, 7) is 5.09. The summed E-state index contributed by atoms with van der Waals surface area (Å²) in [4.78, 5) is 2.49. The lowest BCUT2D eigenvalue weighted by atomic mass is 9.95. The molecule has 1 saturated carbocycles. The van der Waals surface area contributed by atoms with Gasteiger partial charge in [-0.25, -0.2) is 0 Å². The molecule has 64 valence electrons. The van der Waals surface area contributed by atoms with Crippen molar-refractivity contribution < 1.29 is 0 Å². The molecule has 2 atom stereocenters. The normalized spacial score (nSPS) is 45.8. The maximum atomic E-state index is 2.49. The van der Waals surface area contributed by atoms with Crippen molar-refractivity contribution in [2.24, 2.45) is 11.3 Å². The molecule has 2 rings (SSSR count). The van der Waals surface area contributed by atoms with E-state index < -0.39 is 0 Å². The fourth-order valence-corrected chi connectivity index (χ4v) is 2.60. The second-order valence-corrected chi connectivity index (χ2v) is 4.62. The summed E-state index contributed by atoms with van der Waals surface area (Å²) in [7, 11) is 2.26. The summed E-state index contributed by atoms with van der Waals surface area (Å²) in [5.41, 5.74) is 0.810. The second kappa shape index (κ2) is 2.48. The molecule has 1 nitrogen and oxygen atoms in total. The van der Waals surface area contributed by atoms with E-state index >= 15 is 0 Å². The Morgan fingerprint density at radius 3 is 2.64 bits per heavy atom. The number of likely N-dealkylation sites (tertiary alicyclic amines) is 1. The summed E-state index contributed by atoms with van der Waals surface area (Å²) in [6.07, 6.45) is 5.91. The van der Waals surface area contributed by atoms with Gasteiger partial charge >= 0.3 is 0 Å². The van der Waals surface area contributed by atoms with Gasteiger partial charge < -0.3 is 4.90 Å². The topological polar surface area (TPSA) is 3.24 Å². The molecule has 11 heavy (non-hydrogen) atoms. The molecule has 1 spiro atoms. The van der Waals surface area contributed by atoms with Crippen molar-refractivity contribution in [2.75, 3.05) is 20.1 Å². The zero-order valence-corrected chi connectivity index (χ0v) is 7.77. The van der Waals surface area contributed by atoms with Crippen LogP contribution in [0.5, 0.6) is 0 Å². The average Bonchev–Trinajstić information content (AvgIpc) is 2.62. The van der Waals surface area contributed by atoms with Crippen LogP contribution >= 0.6 is 0 Å². The first-order chi connectivity index (χ1) is 5.23. The van der Waals surface area contributed by atoms with Crippen LogP contribution in [0.2, 0.25) is 0 Å². The maximum Gasteiger partial charge on any atom is -0.00164 e. The highest BCUT2D eigenvalue weighted by Gasteiger charge is 2.50. The molecule has 1 heterocycles. The van der Waals surface area contributed by atoms with Crippen LogP contribution in [-0.2, 0) is 0 Å². The van der Waals surface area contributed by atoms with Gasteiger partial charge in [-0.1, -0.05) is 6.92 Å². The van der Waals surface area contributed by atoms with Crippen molar-refractivity contribution in [1.29, 1.82) is 0 Å². The Morgan fingerprint density at radius 2 is 2.00 bits per heavy atom. The predicted octanol–water partition coefficient (Wildman–Crippen LogP) is 2.13. The molecule has 0 aromatic rings. The van der Waals surface area contributed by atoms with Crippen LogP contribution in [0, 0.1) is 11.3 Å². The van der Waals surface area contributed by atoms with E-state index in [1.54, 1.807) is 0 Å². The van der Waals surface area contributed by atoms with Crippen molar-refractivity contribution in [3.05, 3.63) is 0 Å². The van der Waals surface area contributed by atoms with E-state index in [0.29, 0.717) is 0 Å². The minimum absolute atomic E-state index is 0.810. The smallest absolute Gasteiger partial charge is 0.00164 e. The van der Waals surface area contributed by atoms with Crippen molar-refractivity contribution >= 4 is 0 Å². The molecule has 1 saturated heterocycles. The molecule has 0 aromatic heterocycles. The minimum Gasteiger partial charge on any atom is -0.306 e. The summed E-state index contributed by atoms with van der Waals surface area (Å²) < 4.78 is 0. The highest BCUT2D eigenvalue weighted by molar-refractivity contribution is 5.00. The van der Waals surface area contributed by atoms with Gasteiger partial charge in [0.2, 0.25) is 0 Å². The molecule has 2 fully saturated rings. The van der Waals surface area contributed by atoms with Gasteiger partial charge in [0.05, 0.1) is 0 Å². The fraction of sp³-hybridized carbons (Fsp3) is 1.00. The molecule has 0 aromatic carbocycles. The molecular formula is C10H19N. The van der Waals surface area contributed by atoms with Gasteiger partial charge in [-0.05, 0) is 57.2 Å². The highest BCUT2D eigenvalue weighted by Crippen LogP contribution is 2.58. The van der Waals surface area contributed by atoms with E-state index in [9.17, 15) is 0 Å². The SMILES string of the molecule is C[C@@H]1CC12CCCN(C)CC2. The third kappa shape index (κ3) is 1.31. The molecule has 0 N–H and O–H groups in total. The average molecular weight is 153 g/mol. The third-order valence-corrected chi connectivity index (χ3v) is 3.80. The number of hydrogen-bond donors (Lipinski definition) is 0. The van der Waals surface area contributed by atoms with Gasteiger partial charge in [-0.3, -0.25) is 0 Å². The van der Waals surface area contributed by atoms with Crippen molar-refractivity contribution in [3.63, 3.8) is 0 Å². The quantitative estimate of drug-likeness (QED) is 0.515. The lowest BCUT2D eigenvalue weighted by molar-refractivity contribution is 0.333. The number of rotatable bonds is 0. The zero-order chi connectivity index (χ0) is 7.90. The molecule has 1 aliphatic carbocycles. The lowest BCUT2D eigenvalue weighted by Crippen LogP contribution is -2.19. The lowest BCUT2D eigenvalue weighted by Gasteiger charge is -2.13. The Hall–Kier alpha value is -0.0400. The summed E-state index contributed by atoms with van der Waals surface area (Å²) >= 11 is 0. The zero-order valence-electron chi connectivity index (χ0n) is 7.77. The van der Waals surface area contributed by atoms with E-state index in [1.807, 2.05) is 0 Å². The first-order valence-electron chi connectivity index (χ1n) is 4.91. The Bertz CT molecular complexity index is 153. The molecule has 0 bridgehead atoms. The standard InChI is InChI=1S/C10H19N/c1-9-8-10(9)4-3-6-11(2)7-5-10/h9H,3-8H2,1-2H3/t9-,10?/m1/s1. The molecule has 1 unspecified atom stereocenters. The van der Waals surface area contributed by atoms with Crippen molar-refractivity contribution in [1.82, 2.24) is 4.90 Å². The fourth-order valence-electron chi connectivity index (χ4n) is 2.60. The van der Waals surface area contributed by atoms with E-state index in [2.05, 4.69) is 18.9 Å². The van der Waals surface area contributed by atoms with Crippen molar-refractivity contribution in [3.8, 4) is 0 Å². The maximum absolute atomic E-state index is 2.49. The monoisotopic (exact) mass is 153 g/mol. The first kappa shape index (κ1) is 7.60. The molecule has 0 radical (unpaired) electrons. The first-order valence-corrected chi connectivity index (χ1v) is 4.91. The van der Waals surface area contributed by atoms with Gasteiger partial charge in [0.15, 0.2) is 0 Å². The molecule has 2 aliphatic rings. The second-order valence-electron chi connectivity index (χ2n) is 4.62. The van der Waals surface area contributed by atoms with Crippen LogP contribution in [0.3, 0.4) is 0 Å². The highest BCUT2D eigenvalue weighted by atomic mass is 15.1. The van der Waals surface area contributed by atoms with Crippen LogP contribution in [0.25, 0.3) is 0 Å². The van der Waals surface area contributed by atoms with Gasteiger partial charge in [-0.15, -0.1) is 0 Å².